The molecule has 4 nitrogen and oxygen atoms in total. The number of hydrogen-bond donors (Lipinski definition) is 0. The number of para-hydroxylation sites is 5. The minimum atomic E-state index is -0.318. The fourth-order valence-electron chi connectivity index (χ4n) is 9.66. The monoisotopic (exact) mass is 753 g/mol. The van der Waals surface area contributed by atoms with E-state index in [1.807, 2.05) is 12.1 Å². The van der Waals surface area contributed by atoms with Crippen LogP contribution in [0.2, 0.25) is 0 Å². The number of fused-ring (bicyclic) bond motifs is 10. The zero-order valence-electron chi connectivity index (χ0n) is 31.7. The Morgan fingerprint density at radius 2 is 0.966 bits per heavy atom. The van der Waals surface area contributed by atoms with E-state index in [-0.39, 0.29) is 6.92 Å². The van der Waals surface area contributed by atoms with Crippen LogP contribution in [-0.2, 0) is 0 Å². The van der Waals surface area contributed by atoms with Crippen molar-refractivity contribution in [3.8, 4) is 67.4 Å². The number of aromatic nitrogens is 1. The van der Waals surface area contributed by atoms with Gasteiger partial charge in [0.1, 0.15) is 28.4 Å². The molecule has 2 aromatic heterocycles. The van der Waals surface area contributed by atoms with Gasteiger partial charge in [0.2, 0.25) is 0 Å². The fourth-order valence-corrected chi connectivity index (χ4v) is 9.66. The van der Waals surface area contributed by atoms with Crippen LogP contribution in [0.25, 0.3) is 93.9 Å². The van der Waals surface area contributed by atoms with Crippen LogP contribution < -0.4 is 20.3 Å². The summed E-state index contributed by atoms with van der Waals surface area (Å²) in [7, 11) is 0. The van der Waals surface area contributed by atoms with E-state index >= 15 is 0 Å². The standard InChI is InChI=1S/C54H32BNO3/c1-2-14-37(36(13-1)33-26-28-50-43(29-33)41-18-6-11-23-49(41)57-50)35-30-44-42-19-7-12-24-51(42)59-55-45-27-25-34(31-52(45)58-53(32-35)54(44)55)38-15-3-8-20-46(38)56-47-21-9-4-16-39(47)40-17-5-10-22-48(40)56/h1-32H. The maximum absolute atomic E-state index is 7.08. The number of furan rings is 1. The summed E-state index contributed by atoms with van der Waals surface area (Å²) in [6, 6.07) is 68.9. The molecule has 0 saturated heterocycles. The molecule has 0 radical (unpaired) electrons. The van der Waals surface area contributed by atoms with Crippen molar-refractivity contribution >= 4 is 61.6 Å². The lowest BCUT2D eigenvalue weighted by molar-refractivity contribution is 0.480. The third kappa shape index (κ3) is 4.79. The third-order valence-electron chi connectivity index (χ3n) is 12.3. The van der Waals surface area contributed by atoms with Crippen LogP contribution in [0.15, 0.2) is 199 Å². The summed E-state index contributed by atoms with van der Waals surface area (Å²) in [5, 5.41) is 4.70. The summed E-state index contributed by atoms with van der Waals surface area (Å²) < 4.78 is 22.6. The molecule has 0 spiro atoms. The molecule has 5 heteroatoms. The van der Waals surface area contributed by atoms with Gasteiger partial charge in [-0.3, -0.25) is 0 Å². The first-order valence-corrected chi connectivity index (χ1v) is 20.1. The van der Waals surface area contributed by atoms with Gasteiger partial charge < -0.3 is 18.4 Å². The maximum Gasteiger partial charge on any atom is 0.434 e. The molecule has 59 heavy (non-hydrogen) atoms. The summed E-state index contributed by atoms with van der Waals surface area (Å²) in [6.07, 6.45) is 0. The van der Waals surface area contributed by atoms with Gasteiger partial charge in [-0.05, 0) is 94.0 Å². The summed E-state index contributed by atoms with van der Waals surface area (Å²) in [5.41, 5.74) is 16.2. The van der Waals surface area contributed by atoms with E-state index in [0.29, 0.717) is 0 Å². The lowest BCUT2D eigenvalue weighted by atomic mass is 9.50. The Labute approximate surface area is 340 Å². The van der Waals surface area contributed by atoms with Crippen LogP contribution in [0.4, 0.5) is 0 Å². The molecule has 0 unspecified atom stereocenters. The van der Waals surface area contributed by atoms with Gasteiger partial charge in [0.15, 0.2) is 0 Å². The van der Waals surface area contributed by atoms with Crippen molar-refractivity contribution in [3.63, 3.8) is 0 Å². The third-order valence-corrected chi connectivity index (χ3v) is 12.3. The second-order valence-corrected chi connectivity index (χ2v) is 15.5. The number of ether oxygens (including phenoxy) is 1. The first-order chi connectivity index (χ1) is 29.2. The number of rotatable bonds is 4. The number of benzene rings is 9. The van der Waals surface area contributed by atoms with Crippen molar-refractivity contribution in [3.05, 3.63) is 194 Å². The minimum absolute atomic E-state index is 0.318. The largest absolute Gasteiger partial charge is 0.551 e. The molecule has 9 aromatic carbocycles. The van der Waals surface area contributed by atoms with E-state index in [1.54, 1.807) is 0 Å². The van der Waals surface area contributed by atoms with Crippen LogP contribution in [0.3, 0.4) is 0 Å². The van der Waals surface area contributed by atoms with Gasteiger partial charge in [0.25, 0.3) is 0 Å². The number of nitrogens with zero attached hydrogens (tertiary/aromatic N) is 1. The Morgan fingerprint density at radius 1 is 0.373 bits per heavy atom. The average molecular weight is 754 g/mol. The van der Waals surface area contributed by atoms with Gasteiger partial charge in [-0.2, -0.15) is 0 Å². The Balaban J connectivity index is 0.971. The molecular formula is C54H32BNO3. The van der Waals surface area contributed by atoms with E-state index in [1.165, 1.54) is 21.8 Å². The van der Waals surface area contributed by atoms with Crippen molar-refractivity contribution in [2.24, 2.45) is 0 Å². The van der Waals surface area contributed by atoms with Crippen LogP contribution in [0.5, 0.6) is 17.2 Å². The predicted molar refractivity (Wildman–Crippen MR) is 242 cm³/mol. The zero-order chi connectivity index (χ0) is 38.6. The Morgan fingerprint density at radius 3 is 1.78 bits per heavy atom. The molecule has 274 valence electrons. The molecule has 0 atom stereocenters. The van der Waals surface area contributed by atoms with Gasteiger partial charge in [-0.1, -0.05) is 133 Å². The molecule has 0 N–H and O–H groups in total. The Hall–Kier alpha value is -7.76. The Bertz CT molecular complexity index is 3490. The maximum atomic E-state index is 7.08. The molecule has 11 aromatic rings. The first-order valence-electron chi connectivity index (χ1n) is 20.1. The summed E-state index contributed by atoms with van der Waals surface area (Å²) in [6.45, 7) is -0.318. The van der Waals surface area contributed by atoms with Crippen LogP contribution in [-0.4, -0.2) is 11.5 Å². The van der Waals surface area contributed by atoms with E-state index in [9.17, 15) is 0 Å². The highest BCUT2D eigenvalue weighted by atomic mass is 16.5. The molecule has 0 bridgehead atoms. The van der Waals surface area contributed by atoms with Crippen LogP contribution >= 0.6 is 0 Å². The van der Waals surface area contributed by atoms with Gasteiger partial charge in [0, 0.05) is 43.6 Å². The second-order valence-electron chi connectivity index (χ2n) is 15.5. The van der Waals surface area contributed by atoms with E-state index < -0.39 is 0 Å². The molecule has 2 aliphatic rings. The van der Waals surface area contributed by atoms with Crippen molar-refractivity contribution < 1.29 is 13.8 Å². The summed E-state index contributed by atoms with van der Waals surface area (Å²) in [5.74, 6) is 2.47. The quantitative estimate of drug-likeness (QED) is 0.168. The molecule has 0 fully saturated rings. The highest BCUT2D eigenvalue weighted by molar-refractivity contribution is 6.84. The van der Waals surface area contributed by atoms with Crippen molar-refractivity contribution in [1.82, 2.24) is 4.57 Å². The fraction of sp³-hybridized carbons (Fsp3) is 0. The number of hydrogen-bond acceptors (Lipinski definition) is 3. The van der Waals surface area contributed by atoms with Crippen molar-refractivity contribution in [2.75, 3.05) is 0 Å². The predicted octanol–water partition coefficient (Wildman–Crippen LogP) is 13.0. The topological polar surface area (TPSA) is 36.5 Å². The molecule has 0 saturated carbocycles. The van der Waals surface area contributed by atoms with E-state index in [4.69, 9.17) is 13.8 Å². The van der Waals surface area contributed by atoms with Crippen molar-refractivity contribution in [2.45, 2.75) is 0 Å². The van der Waals surface area contributed by atoms with Crippen LogP contribution in [0, 0.1) is 0 Å². The lowest BCUT2D eigenvalue weighted by Crippen LogP contribution is -2.53. The van der Waals surface area contributed by atoms with Crippen LogP contribution in [0.1, 0.15) is 0 Å². The van der Waals surface area contributed by atoms with Gasteiger partial charge >= 0.3 is 6.92 Å². The molecule has 13 rings (SSSR count). The second kappa shape index (κ2) is 12.4. The smallest absolute Gasteiger partial charge is 0.434 e. The highest BCUT2D eigenvalue weighted by Gasteiger charge is 2.41. The molecule has 2 aliphatic heterocycles. The summed E-state index contributed by atoms with van der Waals surface area (Å²) in [4.78, 5) is 0. The summed E-state index contributed by atoms with van der Waals surface area (Å²) >= 11 is 0. The molecule has 0 aliphatic carbocycles. The highest BCUT2D eigenvalue weighted by Crippen LogP contribution is 2.45. The molecule has 0 amide bonds. The van der Waals surface area contributed by atoms with Gasteiger partial charge in [-0.25, -0.2) is 0 Å². The van der Waals surface area contributed by atoms with E-state index in [2.05, 4.69) is 187 Å². The van der Waals surface area contributed by atoms with Crippen molar-refractivity contribution in [1.29, 1.82) is 0 Å². The molecular weight excluding hydrogens is 721 g/mol. The van der Waals surface area contributed by atoms with E-state index in [0.717, 1.165) is 100 Å². The van der Waals surface area contributed by atoms with Gasteiger partial charge in [-0.15, -0.1) is 0 Å². The normalized spacial score (nSPS) is 12.6. The Kier molecular flexibility index (Phi) is 6.78. The lowest BCUT2D eigenvalue weighted by Gasteiger charge is -2.33. The van der Waals surface area contributed by atoms with Gasteiger partial charge in [0.05, 0.1) is 16.7 Å². The zero-order valence-corrected chi connectivity index (χ0v) is 31.7. The SMILES string of the molecule is c1ccc2c(c1)OB1c3ccc(-c4ccccc4-n4c5ccccc5c5ccccc54)cc3Oc3cc(-c4ccccc4-c4ccc5oc6ccccc6c5c4)cc-2c31. The molecule has 4 heterocycles. The first kappa shape index (κ1) is 32.3. The average Bonchev–Trinajstić information content (AvgIpc) is 3.84. The minimum Gasteiger partial charge on any atom is -0.551 e.